The number of nitrogens with zero attached hydrogens (tertiary/aromatic N) is 1. The predicted octanol–water partition coefficient (Wildman–Crippen LogP) is -0.886. The number of hydrogen-bond acceptors (Lipinski definition) is 5. The van der Waals surface area contributed by atoms with Crippen molar-refractivity contribution in [2.24, 2.45) is 0 Å². The van der Waals surface area contributed by atoms with Gasteiger partial charge < -0.3 is 9.84 Å². The van der Waals surface area contributed by atoms with Gasteiger partial charge in [-0.25, -0.2) is 8.42 Å². The van der Waals surface area contributed by atoms with E-state index in [1.807, 2.05) is 4.90 Å². The molecule has 90 valence electrons. The fourth-order valence-corrected chi connectivity index (χ4v) is 2.35. The summed E-state index contributed by atoms with van der Waals surface area (Å²) in [5, 5.41) is 9.08. The van der Waals surface area contributed by atoms with Crippen LogP contribution in [0.4, 0.5) is 0 Å². The monoisotopic (exact) mass is 237 g/mol. The van der Waals surface area contributed by atoms with E-state index in [0.29, 0.717) is 26.3 Å². The number of sulfone groups is 1. The zero-order chi connectivity index (χ0) is 11.3. The largest absolute Gasteiger partial charge is 0.395 e. The second-order valence-corrected chi connectivity index (χ2v) is 6.16. The van der Waals surface area contributed by atoms with Crippen molar-refractivity contribution in [2.75, 3.05) is 44.4 Å². The Kier molecular flexibility index (Phi) is 4.98. The molecule has 1 N–H and O–H groups in total. The molecular formula is C9H19NO4S. The van der Waals surface area contributed by atoms with E-state index >= 15 is 0 Å². The van der Waals surface area contributed by atoms with Crippen molar-refractivity contribution in [3.05, 3.63) is 0 Å². The zero-order valence-corrected chi connectivity index (χ0v) is 9.87. The molecule has 1 fully saturated rings. The van der Waals surface area contributed by atoms with Crippen molar-refractivity contribution in [3.8, 4) is 0 Å². The molecule has 1 heterocycles. The van der Waals surface area contributed by atoms with Gasteiger partial charge in [-0.3, -0.25) is 4.90 Å². The Labute approximate surface area is 90.9 Å². The maximum atomic E-state index is 11.3. The average molecular weight is 237 g/mol. The lowest BCUT2D eigenvalue weighted by Crippen LogP contribution is -2.49. The number of morpholine rings is 1. The molecule has 0 bridgehead atoms. The third-order valence-corrected chi connectivity index (χ3v) is 4.37. The first-order valence-corrected chi connectivity index (χ1v) is 7.04. The average Bonchev–Trinajstić information content (AvgIpc) is 2.27. The maximum absolute atomic E-state index is 11.3. The third-order valence-electron chi connectivity index (χ3n) is 2.69. The van der Waals surface area contributed by atoms with Gasteiger partial charge in [-0.1, -0.05) is 6.92 Å². The first kappa shape index (κ1) is 12.9. The highest BCUT2D eigenvalue weighted by Gasteiger charge is 2.23. The molecule has 0 spiro atoms. The molecule has 15 heavy (non-hydrogen) atoms. The highest BCUT2D eigenvalue weighted by atomic mass is 32.2. The van der Waals surface area contributed by atoms with Crippen LogP contribution in [-0.4, -0.2) is 68.9 Å². The fraction of sp³-hybridized carbons (Fsp3) is 1.00. The van der Waals surface area contributed by atoms with Gasteiger partial charge in [-0.05, 0) is 0 Å². The molecule has 6 heteroatoms. The van der Waals surface area contributed by atoms with Crippen LogP contribution in [0.2, 0.25) is 0 Å². The molecule has 1 saturated heterocycles. The van der Waals surface area contributed by atoms with Gasteiger partial charge in [0.2, 0.25) is 0 Å². The first-order valence-electron chi connectivity index (χ1n) is 5.22. The summed E-state index contributed by atoms with van der Waals surface area (Å²) < 4.78 is 27.8. The zero-order valence-electron chi connectivity index (χ0n) is 9.05. The van der Waals surface area contributed by atoms with Gasteiger partial charge in [-0.2, -0.15) is 0 Å². The van der Waals surface area contributed by atoms with Gasteiger partial charge >= 0.3 is 0 Å². The topological polar surface area (TPSA) is 66.8 Å². The Morgan fingerprint density at radius 3 is 2.87 bits per heavy atom. The normalized spacial score (nSPS) is 24.3. The van der Waals surface area contributed by atoms with Gasteiger partial charge in [0.15, 0.2) is 9.84 Å². The molecular weight excluding hydrogens is 218 g/mol. The van der Waals surface area contributed by atoms with Crippen molar-refractivity contribution in [3.63, 3.8) is 0 Å². The summed E-state index contributed by atoms with van der Waals surface area (Å²) in [6, 6.07) is -0.0502. The molecule has 0 aromatic rings. The Bertz CT molecular complexity index is 278. The SMILES string of the molecule is CCS(=O)(=O)CCN1CCOCC1CO. The van der Waals surface area contributed by atoms with E-state index in [0.717, 1.165) is 0 Å². The summed E-state index contributed by atoms with van der Waals surface area (Å²) in [5.74, 6) is 0.348. The van der Waals surface area contributed by atoms with E-state index in [1.165, 1.54) is 0 Å². The molecule has 1 unspecified atom stereocenters. The van der Waals surface area contributed by atoms with Crippen LogP contribution in [0.15, 0.2) is 0 Å². The van der Waals surface area contributed by atoms with E-state index < -0.39 is 9.84 Å². The van der Waals surface area contributed by atoms with E-state index in [4.69, 9.17) is 9.84 Å². The smallest absolute Gasteiger partial charge is 0.151 e. The summed E-state index contributed by atoms with van der Waals surface area (Å²) in [6.45, 7) is 3.96. The molecule has 0 saturated carbocycles. The van der Waals surface area contributed by atoms with E-state index in [9.17, 15) is 8.42 Å². The number of hydrogen-bond donors (Lipinski definition) is 1. The number of aliphatic hydroxyl groups excluding tert-OH is 1. The first-order chi connectivity index (χ1) is 7.09. The Balaban J connectivity index is 2.42. The van der Waals surface area contributed by atoms with Crippen LogP contribution >= 0.6 is 0 Å². The highest BCUT2D eigenvalue weighted by Crippen LogP contribution is 2.06. The number of rotatable bonds is 5. The minimum Gasteiger partial charge on any atom is -0.395 e. The molecule has 0 radical (unpaired) electrons. The summed E-state index contributed by atoms with van der Waals surface area (Å²) in [6.07, 6.45) is 0. The van der Waals surface area contributed by atoms with Crippen LogP contribution in [-0.2, 0) is 14.6 Å². The van der Waals surface area contributed by atoms with Crippen LogP contribution in [0.1, 0.15) is 6.92 Å². The number of ether oxygens (including phenoxy) is 1. The molecule has 1 aliphatic heterocycles. The van der Waals surface area contributed by atoms with Crippen LogP contribution in [0.25, 0.3) is 0 Å². The molecule has 1 atom stereocenters. The second kappa shape index (κ2) is 5.79. The molecule has 1 aliphatic rings. The molecule has 1 rings (SSSR count). The summed E-state index contributed by atoms with van der Waals surface area (Å²) in [4.78, 5) is 1.98. The summed E-state index contributed by atoms with van der Waals surface area (Å²) >= 11 is 0. The van der Waals surface area contributed by atoms with E-state index in [-0.39, 0.29) is 24.2 Å². The van der Waals surface area contributed by atoms with Gasteiger partial charge in [0.1, 0.15) is 0 Å². The standard InChI is InChI=1S/C9H19NO4S/c1-2-15(12,13)6-4-10-3-5-14-8-9(10)7-11/h9,11H,2-8H2,1H3. The highest BCUT2D eigenvalue weighted by molar-refractivity contribution is 7.91. The van der Waals surface area contributed by atoms with Crippen LogP contribution in [0.3, 0.4) is 0 Å². The van der Waals surface area contributed by atoms with Gasteiger partial charge in [-0.15, -0.1) is 0 Å². The van der Waals surface area contributed by atoms with Crippen molar-refractivity contribution in [2.45, 2.75) is 13.0 Å². The van der Waals surface area contributed by atoms with Crippen molar-refractivity contribution >= 4 is 9.84 Å². The van der Waals surface area contributed by atoms with Crippen LogP contribution in [0, 0.1) is 0 Å². The lowest BCUT2D eigenvalue weighted by Gasteiger charge is -2.34. The molecule has 0 aromatic heterocycles. The molecule has 0 aromatic carbocycles. The van der Waals surface area contributed by atoms with E-state index in [1.54, 1.807) is 6.92 Å². The van der Waals surface area contributed by atoms with Crippen molar-refractivity contribution in [1.82, 2.24) is 4.90 Å². The lowest BCUT2D eigenvalue weighted by atomic mass is 10.2. The van der Waals surface area contributed by atoms with Crippen LogP contribution < -0.4 is 0 Å². The quantitative estimate of drug-likeness (QED) is 0.672. The Morgan fingerprint density at radius 2 is 2.27 bits per heavy atom. The Morgan fingerprint density at radius 1 is 1.53 bits per heavy atom. The van der Waals surface area contributed by atoms with E-state index in [2.05, 4.69) is 0 Å². The lowest BCUT2D eigenvalue weighted by molar-refractivity contribution is -0.0244. The molecule has 5 nitrogen and oxygen atoms in total. The number of aliphatic hydroxyl groups is 1. The Hall–Kier alpha value is -0.170. The summed E-state index contributed by atoms with van der Waals surface area (Å²) in [7, 11) is -2.91. The third kappa shape index (κ3) is 4.06. The molecule has 0 aliphatic carbocycles. The second-order valence-electron chi connectivity index (χ2n) is 3.68. The van der Waals surface area contributed by atoms with Crippen LogP contribution in [0.5, 0.6) is 0 Å². The maximum Gasteiger partial charge on any atom is 0.151 e. The van der Waals surface area contributed by atoms with Gasteiger partial charge in [0.25, 0.3) is 0 Å². The van der Waals surface area contributed by atoms with Gasteiger partial charge in [0.05, 0.1) is 31.6 Å². The minimum atomic E-state index is -2.91. The fourth-order valence-electron chi connectivity index (χ4n) is 1.55. The predicted molar refractivity (Wildman–Crippen MR) is 57.6 cm³/mol. The minimum absolute atomic E-state index is 0.0200. The molecule has 0 amide bonds. The summed E-state index contributed by atoms with van der Waals surface area (Å²) in [5.41, 5.74) is 0. The van der Waals surface area contributed by atoms with Crippen molar-refractivity contribution in [1.29, 1.82) is 0 Å². The van der Waals surface area contributed by atoms with Gasteiger partial charge in [0, 0.05) is 18.8 Å². The van der Waals surface area contributed by atoms with Crippen molar-refractivity contribution < 1.29 is 18.3 Å².